The fourth-order valence-electron chi connectivity index (χ4n) is 3.15. The van der Waals surface area contributed by atoms with E-state index in [4.69, 9.17) is 5.73 Å². The van der Waals surface area contributed by atoms with Crippen LogP contribution in [-0.4, -0.2) is 18.1 Å². The van der Waals surface area contributed by atoms with Crippen LogP contribution in [0.1, 0.15) is 51.1 Å². The molecule has 3 atom stereocenters. The summed E-state index contributed by atoms with van der Waals surface area (Å²) in [4.78, 5) is 12.5. The summed E-state index contributed by atoms with van der Waals surface area (Å²) in [5.41, 5.74) is 6.47. The van der Waals surface area contributed by atoms with Gasteiger partial charge in [-0.25, -0.2) is 0 Å². The van der Waals surface area contributed by atoms with Crippen LogP contribution in [0.4, 0.5) is 8.78 Å². The van der Waals surface area contributed by atoms with Gasteiger partial charge in [-0.05, 0) is 44.4 Å². The highest BCUT2D eigenvalue weighted by molar-refractivity contribution is 5.80. The molecule has 3 unspecified atom stereocenters. The molecule has 0 bridgehead atoms. The second kappa shape index (κ2) is 7.25. The molecule has 128 valence electrons. The summed E-state index contributed by atoms with van der Waals surface area (Å²) in [5, 5.41) is 2.94. The highest BCUT2D eigenvalue weighted by atomic mass is 19.3. The molecule has 2 rings (SSSR count). The highest BCUT2D eigenvalue weighted by Gasteiger charge is 2.38. The second-order valence-electron chi connectivity index (χ2n) is 6.49. The smallest absolute Gasteiger partial charge is 0.387 e. The lowest BCUT2D eigenvalue weighted by atomic mass is 9.74. The van der Waals surface area contributed by atoms with E-state index in [9.17, 15) is 13.6 Å². The molecule has 23 heavy (non-hydrogen) atoms. The van der Waals surface area contributed by atoms with Gasteiger partial charge in [0.1, 0.15) is 5.75 Å². The van der Waals surface area contributed by atoms with Crippen molar-refractivity contribution in [2.75, 3.05) is 0 Å². The van der Waals surface area contributed by atoms with Gasteiger partial charge in [0.05, 0.1) is 12.0 Å². The molecule has 0 heterocycles. The van der Waals surface area contributed by atoms with Crippen LogP contribution in [0.15, 0.2) is 24.3 Å². The van der Waals surface area contributed by atoms with Crippen LogP contribution in [0, 0.1) is 5.92 Å². The van der Waals surface area contributed by atoms with Crippen LogP contribution in [0.5, 0.6) is 5.75 Å². The number of halogens is 2. The van der Waals surface area contributed by atoms with Gasteiger partial charge in [-0.1, -0.05) is 25.0 Å². The van der Waals surface area contributed by atoms with Crippen molar-refractivity contribution in [2.24, 2.45) is 11.7 Å². The number of hydrogen-bond donors (Lipinski definition) is 2. The molecule has 1 fully saturated rings. The van der Waals surface area contributed by atoms with Crippen molar-refractivity contribution in [1.29, 1.82) is 0 Å². The summed E-state index contributed by atoms with van der Waals surface area (Å²) in [6.45, 7) is 0.865. The Morgan fingerprint density at radius 2 is 2.17 bits per heavy atom. The number of nitrogens with one attached hydrogen (secondary N) is 1. The fraction of sp³-hybridized carbons (Fsp3) is 0.588. The molecular formula is C17H24F2N2O2. The van der Waals surface area contributed by atoms with Crippen LogP contribution in [0.25, 0.3) is 0 Å². The van der Waals surface area contributed by atoms with Gasteiger partial charge in [-0.3, -0.25) is 4.79 Å². The van der Waals surface area contributed by atoms with Crippen LogP contribution < -0.4 is 15.8 Å². The fourth-order valence-corrected chi connectivity index (χ4v) is 3.15. The Labute approximate surface area is 135 Å². The van der Waals surface area contributed by atoms with Crippen molar-refractivity contribution in [3.8, 4) is 5.75 Å². The summed E-state index contributed by atoms with van der Waals surface area (Å²) in [6.07, 6.45) is 3.65. The number of hydrogen-bond acceptors (Lipinski definition) is 3. The number of carbonyl (C=O) groups excluding carboxylic acids is 1. The SMILES string of the molecule is CC(NC(=O)C1CCCCC1(C)N)c1cccc(OC(F)F)c1. The molecule has 1 saturated carbocycles. The second-order valence-corrected chi connectivity index (χ2v) is 6.49. The average molecular weight is 326 g/mol. The minimum Gasteiger partial charge on any atom is -0.435 e. The van der Waals surface area contributed by atoms with Crippen molar-refractivity contribution in [3.05, 3.63) is 29.8 Å². The zero-order valence-corrected chi connectivity index (χ0v) is 13.5. The van der Waals surface area contributed by atoms with Crippen LogP contribution in [-0.2, 0) is 4.79 Å². The Morgan fingerprint density at radius 3 is 2.83 bits per heavy atom. The van der Waals surface area contributed by atoms with E-state index in [0.29, 0.717) is 5.56 Å². The van der Waals surface area contributed by atoms with Gasteiger partial charge in [-0.15, -0.1) is 0 Å². The van der Waals surface area contributed by atoms with E-state index in [1.807, 2.05) is 13.8 Å². The molecule has 4 nitrogen and oxygen atoms in total. The topological polar surface area (TPSA) is 64.4 Å². The molecule has 0 saturated heterocycles. The molecular weight excluding hydrogens is 302 g/mol. The van der Waals surface area contributed by atoms with Crippen molar-refractivity contribution in [2.45, 2.75) is 57.7 Å². The van der Waals surface area contributed by atoms with E-state index in [1.54, 1.807) is 12.1 Å². The van der Waals surface area contributed by atoms with Crippen LogP contribution in [0.2, 0.25) is 0 Å². The van der Waals surface area contributed by atoms with Crippen LogP contribution >= 0.6 is 0 Å². The number of alkyl halides is 2. The summed E-state index contributed by atoms with van der Waals surface area (Å²) in [7, 11) is 0. The molecule has 0 radical (unpaired) electrons. The van der Waals surface area contributed by atoms with Crippen molar-refractivity contribution >= 4 is 5.91 Å². The van der Waals surface area contributed by atoms with E-state index >= 15 is 0 Å². The van der Waals surface area contributed by atoms with E-state index in [-0.39, 0.29) is 23.6 Å². The summed E-state index contributed by atoms with van der Waals surface area (Å²) >= 11 is 0. The standard InChI is InChI=1S/C17H24F2N2O2/c1-11(12-6-5-7-13(10-12)23-16(18)19)21-15(22)14-8-3-4-9-17(14,2)20/h5-7,10-11,14,16H,3-4,8-9,20H2,1-2H3,(H,21,22). The van der Waals surface area contributed by atoms with Crippen molar-refractivity contribution < 1.29 is 18.3 Å². The minimum absolute atomic E-state index is 0.0811. The number of rotatable bonds is 5. The third-order valence-corrected chi connectivity index (χ3v) is 4.51. The van der Waals surface area contributed by atoms with Crippen LogP contribution in [0.3, 0.4) is 0 Å². The van der Waals surface area contributed by atoms with E-state index in [2.05, 4.69) is 10.1 Å². The maximum absolute atomic E-state index is 12.5. The molecule has 0 aromatic heterocycles. The lowest BCUT2D eigenvalue weighted by Crippen LogP contribution is -2.53. The first-order chi connectivity index (χ1) is 10.8. The monoisotopic (exact) mass is 326 g/mol. The predicted octanol–water partition coefficient (Wildman–Crippen LogP) is 3.37. The molecule has 1 aliphatic rings. The van der Waals surface area contributed by atoms with Gasteiger partial charge >= 0.3 is 6.61 Å². The highest BCUT2D eigenvalue weighted by Crippen LogP contribution is 2.32. The largest absolute Gasteiger partial charge is 0.435 e. The Morgan fingerprint density at radius 1 is 1.43 bits per heavy atom. The van der Waals surface area contributed by atoms with Crippen molar-refractivity contribution in [3.63, 3.8) is 0 Å². The molecule has 0 aliphatic heterocycles. The van der Waals surface area contributed by atoms with Gasteiger partial charge in [0.25, 0.3) is 0 Å². The zero-order valence-electron chi connectivity index (χ0n) is 13.5. The first kappa shape index (κ1) is 17.7. The maximum atomic E-state index is 12.5. The maximum Gasteiger partial charge on any atom is 0.387 e. The Kier molecular flexibility index (Phi) is 5.57. The number of nitrogens with two attached hydrogens (primary N) is 1. The first-order valence-electron chi connectivity index (χ1n) is 7.93. The third kappa shape index (κ3) is 4.64. The Bertz CT molecular complexity index is 549. The molecule has 1 amide bonds. The van der Waals surface area contributed by atoms with E-state index in [1.165, 1.54) is 12.1 Å². The number of ether oxygens (including phenoxy) is 1. The van der Waals surface area contributed by atoms with Gasteiger partial charge < -0.3 is 15.8 Å². The minimum atomic E-state index is -2.87. The number of carbonyl (C=O) groups is 1. The lowest BCUT2D eigenvalue weighted by Gasteiger charge is -2.37. The number of benzene rings is 1. The molecule has 6 heteroatoms. The molecule has 1 aliphatic carbocycles. The number of amides is 1. The van der Waals surface area contributed by atoms with Gasteiger partial charge in [0.2, 0.25) is 5.91 Å². The van der Waals surface area contributed by atoms with Gasteiger partial charge in [0.15, 0.2) is 0 Å². The quantitative estimate of drug-likeness (QED) is 0.872. The average Bonchev–Trinajstić information content (AvgIpc) is 2.46. The van der Waals surface area contributed by atoms with Gasteiger partial charge in [-0.2, -0.15) is 8.78 Å². The Hall–Kier alpha value is -1.69. The predicted molar refractivity (Wildman–Crippen MR) is 84.2 cm³/mol. The normalized spacial score (nSPS) is 25.9. The summed E-state index contributed by atoms with van der Waals surface area (Å²) in [5.74, 6) is -0.221. The Balaban J connectivity index is 2.03. The first-order valence-corrected chi connectivity index (χ1v) is 7.93. The summed E-state index contributed by atoms with van der Waals surface area (Å²) < 4.78 is 29.0. The van der Waals surface area contributed by atoms with Crippen molar-refractivity contribution in [1.82, 2.24) is 5.32 Å². The molecule has 3 N–H and O–H groups in total. The molecule has 1 aromatic carbocycles. The molecule has 1 aromatic rings. The van der Waals surface area contributed by atoms with Gasteiger partial charge in [0, 0.05) is 5.54 Å². The van der Waals surface area contributed by atoms with E-state index < -0.39 is 12.2 Å². The van der Waals surface area contributed by atoms with E-state index in [0.717, 1.165) is 25.7 Å². The third-order valence-electron chi connectivity index (χ3n) is 4.51. The lowest BCUT2D eigenvalue weighted by molar-refractivity contribution is -0.128. The zero-order chi connectivity index (χ0) is 17.0. The molecule has 0 spiro atoms. The summed E-state index contributed by atoms with van der Waals surface area (Å²) in [6, 6.07) is 6.07.